The Hall–Kier alpha value is -2.95. The van der Waals surface area contributed by atoms with Crippen molar-refractivity contribution in [2.24, 2.45) is 0 Å². The third-order valence-electron chi connectivity index (χ3n) is 4.22. The zero-order valence-electron chi connectivity index (χ0n) is 14.1. The Kier molecular flexibility index (Phi) is 4.93. The second-order valence-electron chi connectivity index (χ2n) is 6.05. The second kappa shape index (κ2) is 7.30. The van der Waals surface area contributed by atoms with Crippen LogP contribution in [0.3, 0.4) is 0 Å². The summed E-state index contributed by atoms with van der Waals surface area (Å²) in [5, 5.41) is 2.87. The van der Waals surface area contributed by atoms with Crippen LogP contribution in [0.2, 0.25) is 0 Å². The van der Waals surface area contributed by atoms with Crippen molar-refractivity contribution in [3.05, 3.63) is 70.8 Å². The summed E-state index contributed by atoms with van der Waals surface area (Å²) in [6.07, 6.45) is 1.94. The number of nitrogens with one attached hydrogen (secondary N) is 1. The smallest absolute Gasteiger partial charge is 0.261 e. The SMILES string of the molecule is CCCCNC(=O)c1cccc(CN2C(=O)c3ccccc3C2=O)c1. The second-order valence-corrected chi connectivity index (χ2v) is 6.05. The molecule has 3 amide bonds. The number of amides is 3. The van der Waals surface area contributed by atoms with E-state index >= 15 is 0 Å². The van der Waals surface area contributed by atoms with Crippen LogP contribution in [0.15, 0.2) is 48.5 Å². The molecule has 2 aromatic carbocycles. The van der Waals surface area contributed by atoms with Crippen molar-refractivity contribution in [3.8, 4) is 0 Å². The first kappa shape index (κ1) is 16.9. The van der Waals surface area contributed by atoms with Crippen LogP contribution in [0.5, 0.6) is 0 Å². The van der Waals surface area contributed by atoms with Gasteiger partial charge in [0, 0.05) is 12.1 Å². The van der Waals surface area contributed by atoms with Gasteiger partial charge in [0.05, 0.1) is 17.7 Å². The molecule has 0 saturated carbocycles. The number of carbonyl (C=O) groups excluding carboxylic acids is 3. The molecule has 3 rings (SSSR count). The molecule has 5 heteroatoms. The van der Waals surface area contributed by atoms with Gasteiger partial charge in [0.2, 0.25) is 0 Å². The monoisotopic (exact) mass is 336 g/mol. The van der Waals surface area contributed by atoms with Crippen LogP contribution in [-0.2, 0) is 6.54 Å². The predicted molar refractivity (Wildman–Crippen MR) is 94.3 cm³/mol. The van der Waals surface area contributed by atoms with Crippen molar-refractivity contribution < 1.29 is 14.4 Å². The molecule has 2 aromatic rings. The van der Waals surface area contributed by atoms with E-state index in [-0.39, 0.29) is 24.3 Å². The number of fused-ring (bicyclic) bond motifs is 1. The molecule has 128 valence electrons. The zero-order valence-corrected chi connectivity index (χ0v) is 14.1. The largest absolute Gasteiger partial charge is 0.352 e. The Bertz CT molecular complexity index is 794. The molecule has 0 bridgehead atoms. The average molecular weight is 336 g/mol. The van der Waals surface area contributed by atoms with Gasteiger partial charge in [0.25, 0.3) is 17.7 Å². The number of hydrogen-bond donors (Lipinski definition) is 1. The molecule has 25 heavy (non-hydrogen) atoms. The summed E-state index contributed by atoms with van der Waals surface area (Å²) >= 11 is 0. The van der Waals surface area contributed by atoms with Gasteiger partial charge < -0.3 is 5.32 Å². The molecule has 0 saturated heterocycles. The van der Waals surface area contributed by atoms with Gasteiger partial charge in [-0.25, -0.2) is 0 Å². The third kappa shape index (κ3) is 3.45. The highest BCUT2D eigenvalue weighted by Crippen LogP contribution is 2.24. The molecule has 1 N–H and O–H groups in total. The number of rotatable bonds is 6. The number of nitrogens with zero attached hydrogens (tertiary/aromatic N) is 1. The minimum Gasteiger partial charge on any atom is -0.352 e. The maximum Gasteiger partial charge on any atom is 0.261 e. The van der Waals surface area contributed by atoms with Crippen LogP contribution in [0.25, 0.3) is 0 Å². The van der Waals surface area contributed by atoms with Crippen LogP contribution in [0.4, 0.5) is 0 Å². The lowest BCUT2D eigenvalue weighted by Crippen LogP contribution is -2.29. The van der Waals surface area contributed by atoms with E-state index in [1.54, 1.807) is 42.5 Å². The van der Waals surface area contributed by atoms with Gasteiger partial charge in [-0.05, 0) is 36.2 Å². The molecule has 0 fully saturated rings. The molecular formula is C20H20N2O3. The lowest BCUT2D eigenvalue weighted by Gasteiger charge is -2.14. The van der Waals surface area contributed by atoms with Gasteiger partial charge in [-0.15, -0.1) is 0 Å². The first-order valence-electron chi connectivity index (χ1n) is 8.44. The molecule has 1 heterocycles. The van der Waals surface area contributed by atoms with Gasteiger partial charge in [-0.3, -0.25) is 19.3 Å². The van der Waals surface area contributed by atoms with Gasteiger partial charge in [0.1, 0.15) is 0 Å². The standard InChI is InChI=1S/C20H20N2O3/c1-2-3-11-21-18(23)15-8-6-7-14(12-15)13-22-19(24)16-9-4-5-10-17(16)20(22)25/h4-10,12H,2-3,11,13H2,1H3,(H,21,23). The Labute approximate surface area is 146 Å². The van der Waals surface area contributed by atoms with Crippen molar-refractivity contribution >= 4 is 17.7 Å². The molecule has 5 nitrogen and oxygen atoms in total. The molecule has 1 aliphatic heterocycles. The van der Waals surface area contributed by atoms with E-state index in [9.17, 15) is 14.4 Å². The summed E-state index contributed by atoms with van der Waals surface area (Å²) in [6, 6.07) is 13.8. The molecular weight excluding hydrogens is 316 g/mol. The van der Waals surface area contributed by atoms with E-state index in [1.807, 2.05) is 6.07 Å². The Morgan fingerprint density at radius 3 is 2.32 bits per heavy atom. The van der Waals surface area contributed by atoms with Crippen LogP contribution in [0, 0.1) is 0 Å². The van der Waals surface area contributed by atoms with Crippen molar-refractivity contribution in [1.82, 2.24) is 10.2 Å². The van der Waals surface area contributed by atoms with Crippen molar-refractivity contribution in [3.63, 3.8) is 0 Å². The van der Waals surface area contributed by atoms with Gasteiger partial charge >= 0.3 is 0 Å². The highest BCUT2D eigenvalue weighted by molar-refractivity contribution is 6.21. The van der Waals surface area contributed by atoms with Crippen LogP contribution < -0.4 is 5.32 Å². The van der Waals surface area contributed by atoms with E-state index < -0.39 is 0 Å². The zero-order chi connectivity index (χ0) is 17.8. The van der Waals surface area contributed by atoms with Crippen LogP contribution >= 0.6 is 0 Å². The summed E-state index contributed by atoms with van der Waals surface area (Å²) in [5.41, 5.74) is 2.14. The molecule has 1 aliphatic rings. The summed E-state index contributed by atoms with van der Waals surface area (Å²) in [6.45, 7) is 2.86. The molecule has 0 atom stereocenters. The molecule has 0 radical (unpaired) electrons. The maximum absolute atomic E-state index is 12.4. The molecule has 0 spiro atoms. The molecule has 0 unspecified atom stereocenters. The quantitative estimate of drug-likeness (QED) is 0.651. The lowest BCUT2D eigenvalue weighted by atomic mass is 10.1. The fourth-order valence-electron chi connectivity index (χ4n) is 2.86. The number of hydrogen-bond acceptors (Lipinski definition) is 3. The van der Waals surface area contributed by atoms with Crippen molar-refractivity contribution in [2.45, 2.75) is 26.3 Å². The number of unbranched alkanes of at least 4 members (excludes halogenated alkanes) is 1. The predicted octanol–water partition coefficient (Wildman–Crippen LogP) is 3.01. The fourth-order valence-corrected chi connectivity index (χ4v) is 2.86. The number of benzene rings is 2. The van der Waals surface area contributed by atoms with E-state index in [1.165, 1.54) is 4.90 Å². The van der Waals surface area contributed by atoms with Gasteiger partial charge in [0.15, 0.2) is 0 Å². The number of carbonyl (C=O) groups is 3. The Balaban J connectivity index is 1.74. The first-order chi connectivity index (χ1) is 12.1. The summed E-state index contributed by atoms with van der Waals surface area (Å²) in [5.74, 6) is -0.727. The van der Waals surface area contributed by atoms with E-state index in [4.69, 9.17) is 0 Å². The van der Waals surface area contributed by atoms with Gasteiger partial charge in [-0.1, -0.05) is 37.6 Å². The minimum atomic E-state index is -0.293. The highest BCUT2D eigenvalue weighted by atomic mass is 16.2. The first-order valence-corrected chi connectivity index (χ1v) is 8.44. The number of imide groups is 1. The summed E-state index contributed by atoms with van der Waals surface area (Å²) in [7, 11) is 0. The third-order valence-corrected chi connectivity index (χ3v) is 4.22. The normalized spacial score (nSPS) is 13.1. The average Bonchev–Trinajstić information content (AvgIpc) is 2.87. The Morgan fingerprint density at radius 1 is 1.00 bits per heavy atom. The Morgan fingerprint density at radius 2 is 1.68 bits per heavy atom. The van der Waals surface area contributed by atoms with E-state index in [2.05, 4.69) is 12.2 Å². The fraction of sp³-hybridized carbons (Fsp3) is 0.250. The maximum atomic E-state index is 12.4. The van der Waals surface area contributed by atoms with E-state index in [0.29, 0.717) is 23.2 Å². The minimum absolute atomic E-state index is 0.141. The summed E-state index contributed by atoms with van der Waals surface area (Å²) < 4.78 is 0. The topological polar surface area (TPSA) is 66.5 Å². The molecule has 0 aliphatic carbocycles. The lowest BCUT2D eigenvalue weighted by molar-refractivity contribution is 0.0642. The van der Waals surface area contributed by atoms with Crippen LogP contribution in [-0.4, -0.2) is 29.2 Å². The van der Waals surface area contributed by atoms with Gasteiger partial charge in [-0.2, -0.15) is 0 Å². The van der Waals surface area contributed by atoms with Crippen molar-refractivity contribution in [2.75, 3.05) is 6.54 Å². The highest BCUT2D eigenvalue weighted by Gasteiger charge is 2.34. The van der Waals surface area contributed by atoms with Crippen LogP contribution in [0.1, 0.15) is 56.4 Å². The molecule has 0 aromatic heterocycles. The van der Waals surface area contributed by atoms with Crippen molar-refractivity contribution in [1.29, 1.82) is 0 Å². The summed E-state index contributed by atoms with van der Waals surface area (Å²) in [4.78, 5) is 38.2. The van der Waals surface area contributed by atoms with E-state index in [0.717, 1.165) is 18.4 Å².